The molecule has 36 heavy (non-hydrogen) atoms. The van der Waals surface area contributed by atoms with E-state index in [1.54, 1.807) is 56.7 Å². The third kappa shape index (κ3) is 3.89. The SMILES string of the molecule is COc1cccc(C2/C(=C(\O)c3ccc(OC)c(C)c3)C(=O)C(=O)N2c2nc3ccc(C)cc3s2)c1. The van der Waals surface area contributed by atoms with Crippen LogP contribution in [0.4, 0.5) is 5.13 Å². The van der Waals surface area contributed by atoms with Crippen LogP contribution in [-0.2, 0) is 9.59 Å². The van der Waals surface area contributed by atoms with Crippen LogP contribution in [0.5, 0.6) is 11.5 Å². The fraction of sp³-hybridized carbons (Fsp3) is 0.179. The summed E-state index contributed by atoms with van der Waals surface area (Å²) in [5, 5.41) is 11.8. The van der Waals surface area contributed by atoms with E-state index in [1.807, 2.05) is 32.0 Å². The number of ketones is 1. The molecule has 2 heterocycles. The number of aliphatic hydroxyl groups excluding tert-OH is 1. The van der Waals surface area contributed by atoms with E-state index < -0.39 is 17.7 Å². The Hall–Kier alpha value is -4.17. The fourth-order valence-electron chi connectivity index (χ4n) is 4.46. The zero-order chi connectivity index (χ0) is 25.6. The molecule has 0 aliphatic carbocycles. The van der Waals surface area contributed by atoms with Gasteiger partial charge in [-0.2, -0.15) is 0 Å². The molecule has 3 aromatic carbocycles. The van der Waals surface area contributed by atoms with Crippen LogP contribution in [0.2, 0.25) is 0 Å². The van der Waals surface area contributed by atoms with Crippen molar-refractivity contribution in [3.05, 3.63) is 88.5 Å². The number of aliphatic hydroxyl groups is 1. The van der Waals surface area contributed by atoms with E-state index >= 15 is 0 Å². The van der Waals surface area contributed by atoms with Crippen molar-refractivity contribution in [3.8, 4) is 11.5 Å². The van der Waals surface area contributed by atoms with Crippen molar-refractivity contribution in [1.82, 2.24) is 4.98 Å². The van der Waals surface area contributed by atoms with Crippen molar-refractivity contribution >= 4 is 44.1 Å². The summed E-state index contributed by atoms with van der Waals surface area (Å²) in [5.74, 6) is -0.555. The molecule has 1 aliphatic heterocycles. The molecule has 0 radical (unpaired) electrons. The minimum absolute atomic E-state index is 0.00624. The number of hydrogen-bond donors (Lipinski definition) is 1. The molecule has 0 spiro atoms. The molecule has 8 heteroatoms. The van der Waals surface area contributed by atoms with E-state index in [0.717, 1.165) is 21.3 Å². The van der Waals surface area contributed by atoms with Gasteiger partial charge in [0.2, 0.25) is 0 Å². The van der Waals surface area contributed by atoms with Gasteiger partial charge in [-0.05, 0) is 73.0 Å². The highest BCUT2D eigenvalue weighted by atomic mass is 32.1. The van der Waals surface area contributed by atoms with Crippen LogP contribution < -0.4 is 14.4 Å². The number of ether oxygens (including phenoxy) is 2. The number of nitrogens with zero attached hydrogens (tertiary/aromatic N) is 2. The Bertz CT molecular complexity index is 1550. The van der Waals surface area contributed by atoms with Gasteiger partial charge < -0.3 is 14.6 Å². The number of methoxy groups -OCH3 is 2. The van der Waals surface area contributed by atoms with Crippen LogP contribution in [0.15, 0.2) is 66.2 Å². The molecule has 1 amide bonds. The maximum Gasteiger partial charge on any atom is 0.301 e. The maximum absolute atomic E-state index is 13.4. The van der Waals surface area contributed by atoms with Crippen LogP contribution in [-0.4, -0.2) is 36.0 Å². The zero-order valence-corrected chi connectivity index (χ0v) is 21.1. The highest BCUT2D eigenvalue weighted by Crippen LogP contribution is 2.45. The molecule has 1 N–H and O–H groups in total. The van der Waals surface area contributed by atoms with E-state index in [2.05, 4.69) is 4.98 Å². The van der Waals surface area contributed by atoms with Crippen molar-refractivity contribution in [1.29, 1.82) is 0 Å². The van der Waals surface area contributed by atoms with Gasteiger partial charge >= 0.3 is 5.91 Å². The molecule has 5 rings (SSSR count). The van der Waals surface area contributed by atoms with Gasteiger partial charge in [0.25, 0.3) is 5.78 Å². The van der Waals surface area contributed by atoms with Gasteiger partial charge in [0.15, 0.2) is 5.13 Å². The summed E-state index contributed by atoms with van der Waals surface area (Å²) in [6.07, 6.45) is 0. The molecule has 0 saturated carbocycles. The lowest BCUT2D eigenvalue weighted by molar-refractivity contribution is -0.132. The van der Waals surface area contributed by atoms with Crippen LogP contribution >= 0.6 is 11.3 Å². The van der Waals surface area contributed by atoms with Crippen molar-refractivity contribution in [2.75, 3.05) is 19.1 Å². The summed E-state index contributed by atoms with van der Waals surface area (Å²) < 4.78 is 11.6. The summed E-state index contributed by atoms with van der Waals surface area (Å²) in [6, 6.07) is 17.2. The topological polar surface area (TPSA) is 89.0 Å². The number of Topliss-reactive ketones (excluding diaryl/α,β-unsaturated/α-hetero) is 1. The molecule has 1 aliphatic rings. The van der Waals surface area contributed by atoms with Gasteiger partial charge in [-0.25, -0.2) is 4.98 Å². The van der Waals surface area contributed by atoms with Crippen LogP contribution in [0.25, 0.3) is 16.0 Å². The number of carbonyl (C=O) groups is 2. The van der Waals surface area contributed by atoms with Gasteiger partial charge in [-0.3, -0.25) is 14.5 Å². The smallest absolute Gasteiger partial charge is 0.301 e. The van der Waals surface area contributed by atoms with E-state index in [9.17, 15) is 14.7 Å². The summed E-state index contributed by atoms with van der Waals surface area (Å²) >= 11 is 1.33. The standard InChI is InChI=1S/C28H24N2O5S/c1-15-8-10-20-22(12-15)36-28(29-20)30-24(17-6-5-7-19(14-17)34-3)23(26(32)27(30)33)25(31)18-9-11-21(35-4)16(2)13-18/h5-14,24,31H,1-4H3/b25-23+. The third-order valence-electron chi connectivity index (χ3n) is 6.26. The van der Waals surface area contributed by atoms with Crippen molar-refractivity contribution < 1.29 is 24.2 Å². The molecule has 1 fully saturated rings. The van der Waals surface area contributed by atoms with Crippen molar-refractivity contribution in [2.45, 2.75) is 19.9 Å². The second kappa shape index (κ2) is 9.13. The number of aryl methyl sites for hydroxylation is 2. The third-order valence-corrected chi connectivity index (χ3v) is 7.28. The van der Waals surface area contributed by atoms with Gasteiger partial charge in [-0.1, -0.05) is 29.5 Å². The van der Waals surface area contributed by atoms with Crippen LogP contribution in [0.3, 0.4) is 0 Å². The van der Waals surface area contributed by atoms with E-state index in [1.165, 1.54) is 16.2 Å². The van der Waals surface area contributed by atoms with Gasteiger partial charge in [0, 0.05) is 5.56 Å². The van der Waals surface area contributed by atoms with Gasteiger partial charge in [0.05, 0.1) is 36.1 Å². The van der Waals surface area contributed by atoms with E-state index in [-0.39, 0.29) is 11.3 Å². The average molecular weight is 501 g/mol. The minimum Gasteiger partial charge on any atom is -0.507 e. The highest BCUT2D eigenvalue weighted by Gasteiger charge is 2.48. The average Bonchev–Trinajstić information content (AvgIpc) is 3.41. The predicted molar refractivity (Wildman–Crippen MR) is 140 cm³/mol. The number of benzene rings is 3. The second-order valence-electron chi connectivity index (χ2n) is 8.60. The molecular formula is C28H24N2O5S. The first kappa shape index (κ1) is 23.6. The molecule has 0 bridgehead atoms. The van der Waals surface area contributed by atoms with Crippen molar-refractivity contribution in [2.24, 2.45) is 0 Å². The minimum atomic E-state index is -0.885. The highest BCUT2D eigenvalue weighted by molar-refractivity contribution is 7.22. The molecule has 1 atom stereocenters. The Morgan fingerprint density at radius 3 is 2.53 bits per heavy atom. The Labute approximate surface area is 212 Å². The lowest BCUT2D eigenvalue weighted by Crippen LogP contribution is -2.29. The first-order valence-electron chi connectivity index (χ1n) is 11.3. The first-order valence-corrected chi connectivity index (χ1v) is 12.1. The quantitative estimate of drug-likeness (QED) is 0.219. The number of carbonyl (C=O) groups excluding carboxylic acids is 2. The van der Waals surface area contributed by atoms with Crippen molar-refractivity contribution in [3.63, 3.8) is 0 Å². The van der Waals surface area contributed by atoms with Crippen LogP contribution in [0, 0.1) is 13.8 Å². The van der Waals surface area contributed by atoms with E-state index in [0.29, 0.717) is 27.8 Å². The van der Waals surface area contributed by atoms with E-state index in [4.69, 9.17) is 9.47 Å². The summed E-state index contributed by atoms with van der Waals surface area (Å²) in [4.78, 5) is 32.9. The monoisotopic (exact) mass is 500 g/mol. The fourth-order valence-corrected chi connectivity index (χ4v) is 5.55. The second-order valence-corrected chi connectivity index (χ2v) is 9.61. The predicted octanol–water partition coefficient (Wildman–Crippen LogP) is 5.56. The summed E-state index contributed by atoms with van der Waals surface area (Å²) in [7, 11) is 3.11. The van der Waals surface area contributed by atoms with Crippen LogP contribution in [0.1, 0.15) is 28.3 Å². The number of aromatic nitrogens is 1. The lowest BCUT2D eigenvalue weighted by atomic mass is 9.94. The normalized spacial score (nSPS) is 17.1. The number of amides is 1. The number of hydrogen-bond acceptors (Lipinski definition) is 7. The molecular weight excluding hydrogens is 476 g/mol. The van der Waals surface area contributed by atoms with Gasteiger partial charge in [0.1, 0.15) is 17.3 Å². The number of anilines is 1. The Morgan fingerprint density at radius 1 is 1.00 bits per heavy atom. The largest absolute Gasteiger partial charge is 0.507 e. The Kier molecular flexibility index (Phi) is 5.97. The Morgan fingerprint density at radius 2 is 1.81 bits per heavy atom. The molecule has 7 nitrogen and oxygen atoms in total. The first-order chi connectivity index (χ1) is 17.3. The molecule has 1 unspecified atom stereocenters. The number of rotatable bonds is 5. The van der Waals surface area contributed by atoms with Gasteiger partial charge in [-0.15, -0.1) is 0 Å². The zero-order valence-electron chi connectivity index (χ0n) is 20.2. The molecule has 1 saturated heterocycles. The maximum atomic E-state index is 13.4. The summed E-state index contributed by atoms with van der Waals surface area (Å²) in [6.45, 7) is 3.83. The lowest BCUT2D eigenvalue weighted by Gasteiger charge is -2.23. The molecule has 182 valence electrons. The molecule has 4 aromatic rings. The Balaban J connectivity index is 1.73. The summed E-state index contributed by atoms with van der Waals surface area (Å²) in [5.41, 5.74) is 3.62. The number of fused-ring (bicyclic) bond motifs is 1. The molecule has 1 aromatic heterocycles. The number of thiazole rings is 1.